The summed E-state index contributed by atoms with van der Waals surface area (Å²) < 4.78 is 11.8. The van der Waals surface area contributed by atoms with E-state index in [1.165, 1.54) is 19.4 Å². The zero-order valence-electron chi connectivity index (χ0n) is 16.2. The van der Waals surface area contributed by atoms with E-state index < -0.39 is 0 Å². The van der Waals surface area contributed by atoms with Crippen molar-refractivity contribution >= 4 is 0 Å². The van der Waals surface area contributed by atoms with E-state index in [1.54, 1.807) is 6.92 Å². The number of fused-ring (bicyclic) bond motifs is 1. The topological polar surface area (TPSA) is 51.4 Å². The normalized spacial score (nSPS) is 29.1. The molecule has 1 aromatic heterocycles. The molecule has 2 aliphatic rings. The molecule has 0 bridgehead atoms. The number of ether oxygens (including phenoxy) is 1. The first-order chi connectivity index (χ1) is 12.4. The van der Waals surface area contributed by atoms with Crippen molar-refractivity contribution in [2.75, 3.05) is 6.54 Å². The minimum Gasteiger partial charge on any atom is -0.490 e. The highest BCUT2D eigenvalue weighted by Crippen LogP contribution is 2.48. The number of hydrogen-bond donors (Lipinski definition) is 0. The van der Waals surface area contributed by atoms with Crippen LogP contribution in [0.25, 0.3) is 11.5 Å². The summed E-state index contributed by atoms with van der Waals surface area (Å²) in [6.45, 7) is 10.1. The van der Waals surface area contributed by atoms with E-state index in [-0.39, 0.29) is 0 Å². The Morgan fingerprint density at radius 1 is 1.19 bits per heavy atom. The van der Waals surface area contributed by atoms with Crippen molar-refractivity contribution in [3.8, 4) is 17.2 Å². The Morgan fingerprint density at radius 3 is 2.62 bits per heavy atom. The van der Waals surface area contributed by atoms with Crippen LogP contribution in [0, 0.1) is 12.3 Å². The lowest BCUT2D eigenvalue weighted by Crippen LogP contribution is -2.47. The molecule has 1 saturated carbocycles. The predicted molar refractivity (Wildman–Crippen MR) is 101 cm³/mol. The van der Waals surface area contributed by atoms with Crippen molar-refractivity contribution in [2.24, 2.45) is 5.41 Å². The number of likely N-dealkylation sites (tertiary alicyclic amines) is 1. The molecule has 5 heteroatoms. The lowest BCUT2D eigenvalue weighted by atomic mass is 9.70. The summed E-state index contributed by atoms with van der Waals surface area (Å²) in [7, 11) is 0. The molecule has 4 rings (SSSR count). The molecule has 1 aliphatic carbocycles. The maximum absolute atomic E-state index is 6.34. The molecule has 0 N–H and O–H groups in total. The van der Waals surface area contributed by atoms with Crippen LogP contribution in [-0.2, 0) is 0 Å². The molecule has 3 atom stereocenters. The second-order valence-electron chi connectivity index (χ2n) is 8.42. The number of rotatable bonds is 4. The minimum absolute atomic E-state index is 0.305. The first kappa shape index (κ1) is 17.5. The molecule has 3 unspecified atom stereocenters. The summed E-state index contributed by atoms with van der Waals surface area (Å²) >= 11 is 0. The maximum Gasteiger partial charge on any atom is 0.247 e. The number of aryl methyl sites for hydroxylation is 1. The third kappa shape index (κ3) is 3.25. The first-order valence-corrected chi connectivity index (χ1v) is 9.77. The highest BCUT2D eigenvalue weighted by Gasteiger charge is 2.48. The quantitative estimate of drug-likeness (QED) is 0.810. The summed E-state index contributed by atoms with van der Waals surface area (Å²) in [5, 5.41) is 7.95. The van der Waals surface area contributed by atoms with E-state index >= 15 is 0 Å². The van der Waals surface area contributed by atoms with Crippen molar-refractivity contribution in [1.29, 1.82) is 0 Å². The lowest BCUT2D eigenvalue weighted by molar-refractivity contribution is 0.0274. The molecule has 1 aliphatic heterocycles. The average Bonchev–Trinajstić information content (AvgIpc) is 3.18. The van der Waals surface area contributed by atoms with Crippen LogP contribution < -0.4 is 4.74 Å². The van der Waals surface area contributed by atoms with Crippen LogP contribution in [0.3, 0.4) is 0 Å². The van der Waals surface area contributed by atoms with Gasteiger partial charge in [0.15, 0.2) is 0 Å². The largest absolute Gasteiger partial charge is 0.490 e. The molecule has 2 fully saturated rings. The van der Waals surface area contributed by atoms with Crippen LogP contribution in [0.5, 0.6) is 5.75 Å². The smallest absolute Gasteiger partial charge is 0.247 e. The highest BCUT2D eigenvalue weighted by molar-refractivity contribution is 5.53. The van der Waals surface area contributed by atoms with Gasteiger partial charge in [0.2, 0.25) is 11.8 Å². The van der Waals surface area contributed by atoms with Crippen molar-refractivity contribution in [3.63, 3.8) is 0 Å². The van der Waals surface area contributed by atoms with E-state index in [4.69, 9.17) is 9.15 Å². The lowest BCUT2D eigenvalue weighted by Gasteiger charge is -2.43. The van der Waals surface area contributed by atoms with E-state index in [0.717, 1.165) is 24.2 Å². The number of benzene rings is 1. The first-order valence-electron chi connectivity index (χ1n) is 9.77. The van der Waals surface area contributed by atoms with Gasteiger partial charge in [0.25, 0.3) is 0 Å². The van der Waals surface area contributed by atoms with Crippen LogP contribution in [0.4, 0.5) is 0 Å². The summed E-state index contributed by atoms with van der Waals surface area (Å²) in [6, 6.07) is 9.36. The molecule has 1 aromatic carbocycles. The fraction of sp³-hybridized carbons (Fsp3) is 0.619. The van der Waals surface area contributed by atoms with E-state index in [0.29, 0.717) is 35.4 Å². The highest BCUT2D eigenvalue weighted by atomic mass is 16.5. The number of aromatic nitrogens is 2. The molecular formula is C21H29N3O2. The number of nitrogens with zero attached hydrogens (tertiary/aromatic N) is 3. The number of hydrogen-bond acceptors (Lipinski definition) is 5. The van der Waals surface area contributed by atoms with Gasteiger partial charge in [-0.2, -0.15) is 0 Å². The maximum atomic E-state index is 6.34. The van der Waals surface area contributed by atoms with Gasteiger partial charge in [0.1, 0.15) is 5.75 Å². The minimum atomic E-state index is 0.305. The average molecular weight is 355 g/mol. The van der Waals surface area contributed by atoms with E-state index in [1.807, 2.05) is 24.3 Å². The molecular weight excluding hydrogens is 326 g/mol. The SMILES string of the molecule is Cc1nnc(-c2ccc(OC3CCC4N(C(C)C)CCC4(C)C3)cc2)o1. The van der Waals surface area contributed by atoms with Gasteiger partial charge >= 0.3 is 0 Å². The molecule has 0 radical (unpaired) electrons. The van der Waals surface area contributed by atoms with Crippen LogP contribution in [-0.4, -0.2) is 39.8 Å². The van der Waals surface area contributed by atoms with Crippen molar-refractivity contribution in [1.82, 2.24) is 15.1 Å². The Labute approximate surface area is 155 Å². The molecule has 0 amide bonds. The van der Waals surface area contributed by atoms with Gasteiger partial charge in [-0.15, -0.1) is 10.2 Å². The Bertz CT molecular complexity index is 755. The van der Waals surface area contributed by atoms with Crippen molar-refractivity contribution in [2.45, 2.75) is 71.6 Å². The second-order valence-corrected chi connectivity index (χ2v) is 8.42. The zero-order valence-corrected chi connectivity index (χ0v) is 16.2. The van der Waals surface area contributed by atoms with Crippen LogP contribution in [0.15, 0.2) is 28.7 Å². The summed E-state index contributed by atoms with van der Waals surface area (Å²) in [6.07, 6.45) is 5.10. The third-order valence-electron chi connectivity index (χ3n) is 6.20. The summed E-state index contributed by atoms with van der Waals surface area (Å²) in [5.74, 6) is 2.06. The van der Waals surface area contributed by atoms with Gasteiger partial charge in [0, 0.05) is 24.6 Å². The van der Waals surface area contributed by atoms with Crippen LogP contribution >= 0.6 is 0 Å². The molecule has 140 valence electrons. The van der Waals surface area contributed by atoms with Gasteiger partial charge in [-0.3, -0.25) is 4.90 Å². The van der Waals surface area contributed by atoms with Gasteiger partial charge in [-0.05, 0) is 75.8 Å². The van der Waals surface area contributed by atoms with Gasteiger partial charge in [-0.25, -0.2) is 0 Å². The second kappa shape index (κ2) is 6.69. The predicted octanol–water partition coefficient (Wildman–Crippen LogP) is 4.47. The standard InChI is InChI=1S/C21H29N3O2/c1-14(2)24-12-11-21(4)13-18(9-10-19(21)24)26-17-7-5-16(6-8-17)20-23-22-15(3)25-20/h5-8,14,18-19H,9-13H2,1-4H3. The van der Waals surface area contributed by atoms with Gasteiger partial charge < -0.3 is 9.15 Å². The van der Waals surface area contributed by atoms with E-state index in [2.05, 4.69) is 35.9 Å². The van der Waals surface area contributed by atoms with Crippen LogP contribution in [0.1, 0.15) is 52.3 Å². The summed E-state index contributed by atoms with van der Waals surface area (Å²) in [5.41, 5.74) is 1.31. The molecule has 5 nitrogen and oxygen atoms in total. The van der Waals surface area contributed by atoms with Gasteiger partial charge in [-0.1, -0.05) is 6.92 Å². The monoisotopic (exact) mass is 355 g/mol. The molecule has 26 heavy (non-hydrogen) atoms. The van der Waals surface area contributed by atoms with Gasteiger partial charge in [0.05, 0.1) is 6.10 Å². The Balaban J connectivity index is 1.41. The molecule has 2 heterocycles. The Kier molecular flexibility index (Phi) is 4.51. The van der Waals surface area contributed by atoms with E-state index in [9.17, 15) is 0 Å². The molecule has 0 spiro atoms. The fourth-order valence-corrected chi connectivity index (χ4v) is 4.83. The van der Waals surface area contributed by atoms with Crippen LogP contribution in [0.2, 0.25) is 0 Å². The van der Waals surface area contributed by atoms with Crippen molar-refractivity contribution in [3.05, 3.63) is 30.2 Å². The zero-order chi connectivity index (χ0) is 18.3. The molecule has 2 aromatic rings. The summed E-state index contributed by atoms with van der Waals surface area (Å²) in [4.78, 5) is 2.69. The fourth-order valence-electron chi connectivity index (χ4n) is 4.83. The van der Waals surface area contributed by atoms with Crippen molar-refractivity contribution < 1.29 is 9.15 Å². The Morgan fingerprint density at radius 2 is 1.96 bits per heavy atom. The Hall–Kier alpha value is -1.88. The third-order valence-corrected chi connectivity index (χ3v) is 6.20. The molecule has 1 saturated heterocycles.